The van der Waals surface area contributed by atoms with E-state index in [1.165, 1.54) is 16.5 Å². The van der Waals surface area contributed by atoms with Gasteiger partial charge in [-0.05, 0) is 49.4 Å². The van der Waals surface area contributed by atoms with Crippen molar-refractivity contribution >= 4 is 22.5 Å². The number of carbonyl (C=O) groups excluding carboxylic acids is 1. The van der Waals surface area contributed by atoms with E-state index < -0.39 is 0 Å². The van der Waals surface area contributed by atoms with Crippen molar-refractivity contribution in [1.82, 2.24) is 4.98 Å². The molecule has 2 N–H and O–H groups in total. The molecular weight excluding hydrogens is 296 g/mol. The van der Waals surface area contributed by atoms with E-state index in [1.807, 2.05) is 30.3 Å². The molecule has 1 aliphatic rings. The molecule has 0 saturated heterocycles. The third kappa shape index (κ3) is 2.23. The average Bonchev–Trinajstić information content (AvgIpc) is 3.32. The maximum Gasteiger partial charge on any atom is 0.235 e. The molecule has 1 saturated carbocycles. The van der Waals surface area contributed by atoms with Crippen molar-refractivity contribution in [2.24, 2.45) is 0 Å². The van der Waals surface area contributed by atoms with Crippen LogP contribution in [-0.2, 0) is 16.6 Å². The number of amides is 1. The van der Waals surface area contributed by atoms with Crippen molar-refractivity contribution in [1.29, 1.82) is 0 Å². The van der Waals surface area contributed by atoms with Crippen LogP contribution in [0.2, 0.25) is 0 Å². The maximum absolute atomic E-state index is 13.1. The molecule has 3 heteroatoms. The molecule has 1 amide bonds. The first-order valence-corrected chi connectivity index (χ1v) is 8.63. The van der Waals surface area contributed by atoms with Gasteiger partial charge in [-0.3, -0.25) is 4.79 Å². The molecule has 4 rings (SSSR count). The smallest absolute Gasteiger partial charge is 0.235 e. The van der Waals surface area contributed by atoms with Crippen molar-refractivity contribution in [3.63, 3.8) is 0 Å². The number of aromatic amines is 1. The van der Waals surface area contributed by atoms with E-state index in [0.29, 0.717) is 0 Å². The molecule has 0 radical (unpaired) electrons. The van der Waals surface area contributed by atoms with Crippen LogP contribution in [-0.4, -0.2) is 10.9 Å². The Morgan fingerprint density at radius 3 is 2.58 bits per heavy atom. The van der Waals surface area contributed by atoms with Gasteiger partial charge in [0.05, 0.1) is 5.41 Å². The zero-order chi connectivity index (χ0) is 16.7. The zero-order valence-electron chi connectivity index (χ0n) is 14.1. The first kappa shape index (κ1) is 15.0. The largest absolute Gasteiger partial charge is 0.358 e. The zero-order valence-corrected chi connectivity index (χ0v) is 14.1. The van der Waals surface area contributed by atoms with E-state index >= 15 is 0 Å². The summed E-state index contributed by atoms with van der Waals surface area (Å²) in [6.45, 7) is 4.18. The second-order valence-electron chi connectivity index (χ2n) is 6.72. The molecule has 0 aliphatic heterocycles. The first-order chi connectivity index (χ1) is 11.7. The van der Waals surface area contributed by atoms with Gasteiger partial charge in [-0.15, -0.1) is 0 Å². The predicted octanol–water partition coefficient (Wildman–Crippen LogP) is 4.71. The van der Waals surface area contributed by atoms with Crippen LogP contribution >= 0.6 is 0 Å². The van der Waals surface area contributed by atoms with Gasteiger partial charge in [0.1, 0.15) is 0 Å². The summed E-state index contributed by atoms with van der Waals surface area (Å²) in [6.07, 6.45) is 2.74. The molecule has 0 atom stereocenters. The lowest BCUT2D eigenvalue weighted by Gasteiger charge is -2.18. The van der Waals surface area contributed by atoms with Crippen molar-refractivity contribution in [2.75, 3.05) is 5.32 Å². The number of aromatic nitrogens is 1. The Labute approximate surface area is 142 Å². The van der Waals surface area contributed by atoms with Gasteiger partial charge in [-0.2, -0.15) is 0 Å². The second-order valence-corrected chi connectivity index (χ2v) is 6.72. The lowest BCUT2D eigenvalue weighted by atomic mass is 9.91. The first-order valence-electron chi connectivity index (χ1n) is 8.63. The number of benzene rings is 2. The van der Waals surface area contributed by atoms with Crippen LogP contribution in [0.3, 0.4) is 0 Å². The van der Waals surface area contributed by atoms with E-state index in [2.05, 4.69) is 42.3 Å². The molecule has 1 fully saturated rings. The van der Waals surface area contributed by atoms with Gasteiger partial charge in [-0.1, -0.05) is 43.3 Å². The average molecular weight is 318 g/mol. The van der Waals surface area contributed by atoms with Crippen LogP contribution in [0.25, 0.3) is 10.9 Å². The molecule has 0 spiro atoms. The fourth-order valence-electron chi connectivity index (χ4n) is 3.80. The minimum absolute atomic E-state index is 0.122. The number of nitrogens with one attached hydrogen (secondary N) is 2. The quantitative estimate of drug-likeness (QED) is 0.719. The number of hydrogen-bond donors (Lipinski definition) is 2. The normalized spacial score (nSPS) is 15.4. The third-order valence-electron chi connectivity index (χ3n) is 5.20. The summed E-state index contributed by atoms with van der Waals surface area (Å²) in [6, 6.07) is 16.3. The Kier molecular flexibility index (Phi) is 3.45. The van der Waals surface area contributed by atoms with Crippen molar-refractivity contribution in [2.45, 2.75) is 38.5 Å². The molecule has 0 bridgehead atoms. The van der Waals surface area contributed by atoms with E-state index in [1.54, 1.807) is 0 Å². The van der Waals surface area contributed by atoms with Gasteiger partial charge in [0, 0.05) is 22.3 Å². The summed E-state index contributed by atoms with van der Waals surface area (Å²) in [5.41, 5.74) is 5.12. The molecule has 122 valence electrons. The number of hydrogen-bond acceptors (Lipinski definition) is 1. The summed E-state index contributed by atoms with van der Waals surface area (Å²) < 4.78 is 0. The predicted molar refractivity (Wildman–Crippen MR) is 98.4 cm³/mol. The lowest BCUT2D eigenvalue weighted by molar-refractivity contribution is -0.118. The van der Waals surface area contributed by atoms with Crippen LogP contribution in [0, 0.1) is 6.92 Å². The van der Waals surface area contributed by atoms with Crippen LogP contribution in [0.15, 0.2) is 48.5 Å². The molecule has 3 aromatic rings. The maximum atomic E-state index is 13.1. The van der Waals surface area contributed by atoms with E-state index in [0.717, 1.165) is 36.2 Å². The number of aryl methyl sites for hydroxylation is 2. The number of para-hydroxylation sites is 2. The fourth-order valence-corrected chi connectivity index (χ4v) is 3.80. The van der Waals surface area contributed by atoms with Gasteiger partial charge in [0.2, 0.25) is 5.91 Å². The van der Waals surface area contributed by atoms with E-state index in [-0.39, 0.29) is 11.3 Å². The summed E-state index contributed by atoms with van der Waals surface area (Å²) >= 11 is 0. The second kappa shape index (κ2) is 5.52. The Bertz CT molecular complexity index is 918. The Morgan fingerprint density at radius 1 is 1.12 bits per heavy atom. The highest BCUT2D eigenvalue weighted by molar-refractivity contribution is 6.05. The van der Waals surface area contributed by atoms with Gasteiger partial charge >= 0.3 is 0 Å². The monoisotopic (exact) mass is 318 g/mol. The lowest BCUT2D eigenvalue weighted by Crippen LogP contribution is -2.28. The summed E-state index contributed by atoms with van der Waals surface area (Å²) in [5, 5.41) is 4.36. The fraction of sp³-hybridized carbons (Fsp3) is 0.286. The van der Waals surface area contributed by atoms with E-state index in [4.69, 9.17) is 0 Å². The standard InChI is InChI=1S/C21H22N2O/c1-3-15-8-4-6-10-17(15)23-20(24)21(12-13-21)19-14(2)22-18-11-7-5-9-16(18)19/h4-11,22H,3,12-13H2,1-2H3,(H,23,24). The minimum atomic E-state index is -0.384. The number of rotatable bonds is 4. The minimum Gasteiger partial charge on any atom is -0.358 e. The van der Waals surface area contributed by atoms with Crippen LogP contribution in [0.4, 0.5) is 5.69 Å². The SMILES string of the molecule is CCc1ccccc1NC(=O)C1(c2c(C)[nH]c3ccccc23)CC1. The number of fused-ring (bicyclic) bond motifs is 1. The molecule has 1 heterocycles. The van der Waals surface area contributed by atoms with Crippen molar-refractivity contribution in [3.05, 3.63) is 65.4 Å². The van der Waals surface area contributed by atoms with Crippen molar-refractivity contribution < 1.29 is 4.79 Å². The molecule has 1 aromatic heterocycles. The Morgan fingerprint density at radius 2 is 1.83 bits per heavy atom. The number of carbonyl (C=O) groups is 1. The third-order valence-corrected chi connectivity index (χ3v) is 5.20. The highest BCUT2D eigenvalue weighted by Crippen LogP contribution is 2.52. The highest BCUT2D eigenvalue weighted by Gasteiger charge is 2.53. The van der Waals surface area contributed by atoms with Crippen molar-refractivity contribution in [3.8, 4) is 0 Å². The molecule has 3 nitrogen and oxygen atoms in total. The van der Waals surface area contributed by atoms with Crippen LogP contribution in [0.5, 0.6) is 0 Å². The molecule has 0 unspecified atom stereocenters. The van der Waals surface area contributed by atoms with Gasteiger partial charge in [-0.25, -0.2) is 0 Å². The molecular formula is C21H22N2O. The van der Waals surface area contributed by atoms with Crippen LogP contribution in [0.1, 0.15) is 36.6 Å². The summed E-state index contributed by atoms with van der Waals surface area (Å²) in [5.74, 6) is 0.122. The van der Waals surface area contributed by atoms with Gasteiger partial charge in [0.15, 0.2) is 0 Å². The van der Waals surface area contributed by atoms with Crippen LogP contribution < -0.4 is 5.32 Å². The Balaban J connectivity index is 1.72. The highest BCUT2D eigenvalue weighted by atomic mass is 16.2. The molecule has 24 heavy (non-hydrogen) atoms. The topological polar surface area (TPSA) is 44.9 Å². The number of anilines is 1. The number of H-pyrrole nitrogens is 1. The summed E-state index contributed by atoms with van der Waals surface area (Å²) in [7, 11) is 0. The molecule has 1 aliphatic carbocycles. The van der Waals surface area contributed by atoms with Gasteiger partial charge in [0.25, 0.3) is 0 Å². The molecule has 2 aromatic carbocycles. The van der Waals surface area contributed by atoms with E-state index in [9.17, 15) is 4.79 Å². The summed E-state index contributed by atoms with van der Waals surface area (Å²) in [4.78, 5) is 16.6. The Hall–Kier alpha value is -2.55. The van der Waals surface area contributed by atoms with Gasteiger partial charge < -0.3 is 10.3 Å².